The van der Waals surface area contributed by atoms with Crippen LogP contribution in [0.5, 0.6) is 0 Å². The highest BCUT2D eigenvalue weighted by Gasteiger charge is 2.57. The third-order valence-corrected chi connectivity index (χ3v) is 8.39. The summed E-state index contributed by atoms with van der Waals surface area (Å²) >= 11 is 0. The van der Waals surface area contributed by atoms with Crippen LogP contribution >= 0.6 is 0 Å². The highest BCUT2D eigenvalue weighted by atomic mass is 32.2. The average Bonchev–Trinajstić information content (AvgIpc) is 2.51. The number of anilines is 1. The topological polar surface area (TPSA) is 86.7 Å². The molecule has 4 aliphatic carbocycles. The summed E-state index contributed by atoms with van der Waals surface area (Å²) in [4.78, 5) is 12.9. The molecule has 2 N–H and O–H groups in total. The number of nitrogens with one attached hydrogen (secondary N) is 1. The summed E-state index contributed by atoms with van der Waals surface area (Å²) in [7, 11) is -0.569. The number of amides is 1. The molecule has 148 valence electrons. The standard InChI is InChI=1S/C20H28N2O4S/c1-22(2)27(25,26)17-5-3-4-16(7-17)21-18(23)12-19-8-14-6-15(9-19)11-20(24,10-14)13-19/h3-5,7,14-15,24H,6,8-13H2,1-2H3,(H,21,23)/t14-,15-,19?,20?/m1/s1. The van der Waals surface area contributed by atoms with Gasteiger partial charge in [0.1, 0.15) is 0 Å². The fourth-order valence-corrected chi connectivity index (χ4v) is 7.05. The molecule has 2 atom stereocenters. The van der Waals surface area contributed by atoms with Gasteiger partial charge in [-0.1, -0.05) is 6.07 Å². The predicted octanol–water partition coefficient (Wildman–Crippen LogP) is 2.60. The molecule has 5 rings (SSSR count). The number of aliphatic hydroxyl groups is 1. The van der Waals surface area contributed by atoms with Crippen molar-refractivity contribution in [3.63, 3.8) is 0 Å². The van der Waals surface area contributed by atoms with E-state index in [1.807, 2.05) is 0 Å². The molecule has 7 heteroatoms. The first kappa shape index (κ1) is 18.9. The van der Waals surface area contributed by atoms with Crippen LogP contribution in [-0.4, -0.2) is 43.4 Å². The van der Waals surface area contributed by atoms with Gasteiger partial charge in [0.2, 0.25) is 15.9 Å². The van der Waals surface area contributed by atoms with Crippen molar-refractivity contribution < 1.29 is 18.3 Å². The molecule has 0 aromatic heterocycles. The average molecular weight is 393 g/mol. The Bertz CT molecular complexity index is 850. The number of benzene rings is 1. The van der Waals surface area contributed by atoms with Gasteiger partial charge in [-0.15, -0.1) is 0 Å². The highest BCUT2D eigenvalue weighted by Crippen LogP contribution is 2.62. The van der Waals surface area contributed by atoms with Crippen molar-refractivity contribution in [2.45, 2.75) is 55.4 Å². The van der Waals surface area contributed by atoms with Crippen LogP contribution in [0.1, 0.15) is 44.9 Å². The smallest absolute Gasteiger partial charge is 0.242 e. The normalized spacial score (nSPS) is 34.8. The molecule has 4 aliphatic rings. The molecule has 0 heterocycles. The Labute approximate surface area is 161 Å². The number of carbonyl (C=O) groups is 1. The molecule has 4 fully saturated rings. The minimum atomic E-state index is -3.54. The van der Waals surface area contributed by atoms with Crippen molar-refractivity contribution in [2.75, 3.05) is 19.4 Å². The molecule has 6 nitrogen and oxygen atoms in total. The van der Waals surface area contributed by atoms with E-state index in [0.717, 1.165) is 36.4 Å². The summed E-state index contributed by atoms with van der Waals surface area (Å²) < 4.78 is 25.7. The van der Waals surface area contributed by atoms with E-state index in [0.29, 0.717) is 23.9 Å². The van der Waals surface area contributed by atoms with E-state index in [1.165, 1.54) is 32.6 Å². The van der Waals surface area contributed by atoms with Gasteiger partial charge in [-0.2, -0.15) is 0 Å². The maximum atomic E-state index is 12.7. The van der Waals surface area contributed by atoms with Crippen molar-refractivity contribution in [1.29, 1.82) is 0 Å². The largest absolute Gasteiger partial charge is 0.390 e. The third kappa shape index (κ3) is 3.52. The van der Waals surface area contributed by atoms with Crippen LogP contribution in [0, 0.1) is 17.3 Å². The fraction of sp³-hybridized carbons (Fsp3) is 0.650. The molecule has 0 radical (unpaired) electrons. The van der Waals surface area contributed by atoms with Crippen LogP contribution in [0.4, 0.5) is 5.69 Å². The van der Waals surface area contributed by atoms with E-state index in [4.69, 9.17) is 0 Å². The number of rotatable bonds is 5. The first-order chi connectivity index (χ1) is 12.6. The number of carbonyl (C=O) groups excluding carboxylic acids is 1. The molecule has 0 spiro atoms. The lowest BCUT2D eigenvalue weighted by atomic mass is 9.47. The van der Waals surface area contributed by atoms with E-state index in [1.54, 1.807) is 12.1 Å². The fourth-order valence-electron chi connectivity index (χ4n) is 6.10. The Kier molecular flexibility index (Phi) is 4.40. The summed E-state index contributed by atoms with van der Waals surface area (Å²) in [5, 5.41) is 13.7. The van der Waals surface area contributed by atoms with Crippen molar-refractivity contribution in [2.24, 2.45) is 17.3 Å². The molecular weight excluding hydrogens is 364 g/mol. The second-order valence-corrected chi connectivity index (χ2v) is 11.4. The van der Waals surface area contributed by atoms with Crippen molar-refractivity contribution in [3.8, 4) is 0 Å². The molecule has 0 saturated heterocycles. The maximum absolute atomic E-state index is 12.7. The van der Waals surface area contributed by atoms with Gasteiger partial charge in [0.25, 0.3) is 0 Å². The molecule has 4 saturated carbocycles. The first-order valence-corrected chi connectivity index (χ1v) is 11.1. The zero-order valence-corrected chi connectivity index (χ0v) is 16.8. The van der Waals surface area contributed by atoms with Crippen molar-refractivity contribution >= 4 is 21.6 Å². The van der Waals surface area contributed by atoms with E-state index in [2.05, 4.69) is 5.32 Å². The summed E-state index contributed by atoms with van der Waals surface area (Å²) in [6, 6.07) is 6.37. The van der Waals surface area contributed by atoms with E-state index in [9.17, 15) is 18.3 Å². The van der Waals surface area contributed by atoms with Crippen LogP contribution in [0.3, 0.4) is 0 Å². The Balaban J connectivity index is 1.48. The van der Waals surface area contributed by atoms with Crippen LogP contribution in [-0.2, 0) is 14.8 Å². The molecule has 1 aromatic rings. The SMILES string of the molecule is CN(C)S(=O)(=O)c1cccc(NC(=O)CC23C[C@H]4C[C@@H](CC(O)(C4)C2)C3)c1. The minimum Gasteiger partial charge on any atom is -0.390 e. The number of sulfonamides is 1. The Morgan fingerprint density at radius 1 is 1.22 bits per heavy atom. The van der Waals surface area contributed by atoms with Crippen molar-refractivity contribution in [1.82, 2.24) is 4.31 Å². The summed E-state index contributed by atoms with van der Waals surface area (Å²) in [6.45, 7) is 0. The monoisotopic (exact) mass is 392 g/mol. The Morgan fingerprint density at radius 3 is 2.48 bits per heavy atom. The number of nitrogens with zero attached hydrogens (tertiary/aromatic N) is 1. The van der Waals surface area contributed by atoms with Gasteiger partial charge in [-0.3, -0.25) is 4.79 Å². The molecule has 4 bridgehead atoms. The lowest BCUT2D eigenvalue weighted by Gasteiger charge is -2.60. The number of hydrogen-bond acceptors (Lipinski definition) is 4. The zero-order valence-electron chi connectivity index (χ0n) is 15.9. The van der Waals surface area contributed by atoms with E-state index < -0.39 is 15.6 Å². The summed E-state index contributed by atoms with van der Waals surface area (Å²) in [5.41, 5.74) is -0.188. The minimum absolute atomic E-state index is 0.0973. The quantitative estimate of drug-likeness (QED) is 0.806. The first-order valence-electron chi connectivity index (χ1n) is 9.64. The second-order valence-electron chi connectivity index (χ2n) is 9.23. The Hall–Kier alpha value is -1.44. The van der Waals surface area contributed by atoms with Gasteiger partial charge in [0.15, 0.2) is 0 Å². The number of hydrogen-bond donors (Lipinski definition) is 2. The second kappa shape index (κ2) is 6.29. The molecule has 0 unspecified atom stereocenters. The molecule has 1 amide bonds. The lowest BCUT2D eigenvalue weighted by Crippen LogP contribution is -2.56. The van der Waals surface area contributed by atoms with Crippen LogP contribution in [0.15, 0.2) is 29.2 Å². The molecule has 1 aromatic carbocycles. The van der Waals surface area contributed by atoms with E-state index in [-0.39, 0.29) is 16.2 Å². The van der Waals surface area contributed by atoms with Gasteiger partial charge >= 0.3 is 0 Å². The lowest BCUT2D eigenvalue weighted by molar-refractivity contribution is -0.167. The zero-order chi connectivity index (χ0) is 19.4. The van der Waals surface area contributed by atoms with Crippen LogP contribution < -0.4 is 5.32 Å². The maximum Gasteiger partial charge on any atom is 0.242 e. The highest BCUT2D eigenvalue weighted by molar-refractivity contribution is 7.89. The van der Waals surface area contributed by atoms with Gasteiger partial charge in [0.05, 0.1) is 10.5 Å². The molecule has 0 aliphatic heterocycles. The predicted molar refractivity (Wildman–Crippen MR) is 103 cm³/mol. The summed E-state index contributed by atoms with van der Waals surface area (Å²) in [5.74, 6) is 0.982. The molecular formula is C20H28N2O4S. The van der Waals surface area contributed by atoms with Crippen LogP contribution in [0.2, 0.25) is 0 Å². The van der Waals surface area contributed by atoms with Gasteiger partial charge in [-0.05, 0) is 74.0 Å². The van der Waals surface area contributed by atoms with Crippen molar-refractivity contribution in [3.05, 3.63) is 24.3 Å². The van der Waals surface area contributed by atoms with Gasteiger partial charge < -0.3 is 10.4 Å². The molecule has 27 heavy (non-hydrogen) atoms. The summed E-state index contributed by atoms with van der Waals surface area (Å²) in [6.07, 6.45) is 6.12. The third-order valence-electron chi connectivity index (χ3n) is 6.58. The van der Waals surface area contributed by atoms with Crippen LogP contribution in [0.25, 0.3) is 0 Å². The van der Waals surface area contributed by atoms with E-state index >= 15 is 0 Å². The van der Waals surface area contributed by atoms with Gasteiger partial charge in [-0.25, -0.2) is 12.7 Å². The van der Waals surface area contributed by atoms with Gasteiger partial charge in [0, 0.05) is 26.2 Å². The Morgan fingerprint density at radius 2 is 1.89 bits per heavy atom.